The zero-order chi connectivity index (χ0) is 24.1. The normalized spacial score (nSPS) is 17.6. The van der Waals surface area contributed by atoms with Gasteiger partial charge >= 0.3 is 12.1 Å². The maximum absolute atomic E-state index is 13.3. The zero-order valence-electron chi connectivity index (χ0n) is 18.3. The molecule has 11 heteroatoms. The van der Waals surface area contributed by atoms with Crippen molar-refractivity contribution in [2.24, 2.45) is 0 Å². The number of hydrogen-bond donors (Lipinski definition) is 1. The Balaban J connectivity index is 0.000000451. The summed E-state index contributed by atoms with van der Waals surface area (Å²) in [4.78, 5) is 39.8. The molecule has 1 aromatic rings. The number of aliphatic carboxylic acids is 1. The van der Waals surface area contributed by atoms with Crippen LogP contribution in [-0.4, -0.2) is 92.9 Å². The molecule has 2 heterocycles. The highest BCUT2D eigenvalue weighted by Gasteiger charge is 2.51. The summed E-state index contributed by atoms with van der Waals surface area (Å²) in [6.07, 6.45) is -3.57. The number of para-hydroxylation sites is 1. The molecular weight excluding hydrogens is 431 g/mol. The van der Waals surface area contributed by atoms with E-state index < -0.39 is 17.6 Å². The Morgan fingerprint density at radius 2 is 1.75 bits per heavy atom. The summed E-state index contributed by atoms with van der Waals surface area (Å²) in [5, 5.41) is 7.12. The van der Waals surface area contributed by atoms with Gasteiger partial charge in [0.1, 0.15) is 0 Å². The number of piperidine rings is 1. The number of hydrogen-bond acceptors (Lipinski definition) is 5. The zero-order valence-corrected chi connectivity index (χ0v) is 18.3. The third kappa shape index (κ3) is 5.57. The number of fused-ring (bicyclic) bond motifs is 2. The van der Waals surface area contributed by atoms with E-state index in [1.54, 1.807) is 26.1 Å². The van der Waals surface area contributed by atoms with Gasteiger partial charge in [-0.2, -0.15) is 13.2 Å². The van der Waals surface area contributed by atoms with E-state index in [1.165, 1.54) is 0 Å². The van der Waals surface area contributed by atoms with Crippen LogP contribution in [0.1, 0.15) is 18.4 Å². The average Bonchev–Trinajstić information content (AvgIpc) is 2.96. The van der Waals surface area contributed by atoms with Gasteiger partial charge in [0, 0.05) is 46.5 Å². The SMILES string of the molecule is COCCN1C(=O)C2(CCN(CC(=O)N(C)C)CC2)c2ccccc21.O=C(O)C(F)(F)F. The topological polar surface area (TPSA) is 90.4 Å². The Morgan fingerprint density at radius 1 is 1.19 bits per heavy atom. The fourth-order valence-electron chi connectivity index (χ4n) is 3.91. The highest BCUT2D eigenvalue weighted by atomic mass is 19.4. The number of nitrogens with zero attached hydrogens (tertiary/aromatic N) is 3. The third-order valence-corrected chi connectivity index (χ3v) is 5.69. The highest BCUT2D eigenvalue weighted by Crippen LogP contribution is 2.47. The first-order chi connectivity index (χ1) is 14.9. The number of anilines is 1. The molecule has 1 saturated heterocycles. The van der Waals surface area contributed by atoms with Gasteiger partial charge in [-0.15, -0.1) is 0 Å². The predicted octanol–water partition coefficient (Wildman–Crippen LogP) is 1.73. The van der Waals surface area contributed by atoms with Crippen molar-refractivity contribution < 1.29 is 37.4 Å². The molecular formula is C21H28F3N3O5. The fraction of sp³-hybridized carbons (Fsp3) is 0.571. The standard InChI is InChI=1S/C19H27N3O3.C2HF3O2/c1-20(2)17(23)14-21-10-8-19(9-11-21)15-6-4-5-7-16(15)22(18(19)24)12-13-25-3;3-2(4,5)1(6)7/h4-7H,8-14H2,1-3H3;(H,6,7). The van der Waals surface area contributed by atoms with Crippen LogP contribution in [0.3, 0.4) is 0 Å². The largest absolute Gasteiger partial charge is 0.490 e. The van der Waals surface area contributed by atoms with Gasteiger partial charge < -0.3 is 19.6 Å². The molecule has 0 unspecified atom stereocenters. The van der Waals surface area contributed by atoms with E-state index in [1.807, 2.05) is 23.1 Å². The molecule has 1 N–H and O–H groups in total. The number of methoxy groups -OCH3 is 1. The van der Waals surface area contributed by atoms with E-state index in [0.717, 1.165) is 37.2 Å². The molecule has 2 amide bonds. The molecule has 0 atom stereocenters. The van der Waals surface area contributed by atoms with Crippen LogP contribution in [0, 0.1) is 0 Å². The lowest BCUT2D eigenvalue weighted by molar-refractivity contribution is -0.192. The van der Waals surface area contributed by atoms with E-state index in [4.69, 9.17) is 14.6 Å². The summed E-state index contributed by atoms with van der Waals surface area (Å²) in [6.45, 7) is 3.05. The van der Waals surface area contributed by atoms with Crippen molar-refractivity contribution in [3.63, 3.8) is 0 Å². The Bertz CT molecular complexity index is 836. The Kier molecular flexibility index (Phi) is 8.24. The molecule has 3 rings (SSSR count). The van der Waals surface area contributed by atoms with E-state index in [2.05, 4.69) is 11.0 Å². The van der Waals surface area contributed by atoms with E-state index >= 15 is 0 Å². The molecule has 32 heavy (non-hydrogen) atoms. The van der Waals surface area contributed by atoms with E-state index in [-0.39, 0.29) is 11.8 Å². The van der Waals surface area contributed by atoms with Gasteiger partial charge in [0.05, 0.1) is 18.6 Å². The second-order valence-corrected chi connectivity index (χ2v) is 7.92. The molecule has 0 aliphatic carbocycles. The number of carboxylic acid groups (broad SMARTS) is 1. The average molecular weight is 459 g/mol. The molecule has 1 fully saturated rings. The van der Waals surface area contributed by atoms with Gasteiger partial charge in [0.25, 0.3) is 0 Å². The van der Waals surface area contributed by atoms with Gasteiger partial charge in [-0.05, 0) is 24.5 Å². The van der Waals surface area contributed by atoms with Gasteiger partial charge in [-0.3, -0.25) is 14.5 Å². The number of rotatable bonds is 5. The Morgan fingerprint density at radius 3 is 2.25 bits per heavy atom. The van der Waals surface area contributed by atoms with Crippen LogP contribution in [0.15, 0.2) is 24.3 Å². The van der Waals surface area contributed by atoms with Gasteiger partial charge in [0.2, 0.25) is 11.8 Å². The third-order valence-electron chi connectivity index (χ3n) is 5.69. The van der Waals surface area contributed by atoms with Crippen molar-refractivity contribution in [3.05, 3.63) is 29.8 Å². The Labute approximate surface area is 184 Å². The summed E-state index contributed by atoms with van der Waals surface area (Å²) in [5.74, 6) is -2.47. The van der Waals surface area contributed by atoms with Crippen molar-refractivity contribution in [2.45, 2.75) is 24.4 Å². The summed E-state index contributed by atoms with van der Waals surface area (Å²) in [6, 6.07) is 8.10. The monoisotopic (exact) mass is 459 g/mol. The number of carbonyl (C=O) groups is 3. The lowest BCUT2D eigenvalue weighted by atomic mass is 9.73. The number of benzene rings is 1. The molecule has 0 aromatic heterocycles. The van der Waals surface area contributed by atoms with Crippen LogP contribution >= 0.6 is 0 Å². The number of alkyl halides is 3. The maximum Gasteiger partial charge on any atom is 0.490 e. The van der Waals surface area contributed by atoms with Crippen molar-refractivity contribution in [1.82, 2.24) is 9.80 Å². The van der Waals surface area contributed by atoms with Gasteiger partial charge in [-0.25, -0.2) is 4.79 Å². The first-order valence-corrected chi connectivity index (χ1v) is 10.1. The van der Waals surface area contributed by atoms with Crippen molar-refractivity contribution >= 4 is 23.5 Å². The van der Waals surface area contributed by atoms with E-state index in [0.29, 0.717) is 19.7 Å². The quantitative estimate of drug-likeness (QED) is 0.722. The summed E-state index contributed by atoms with van der Waals surface area (Å²) < 4.78 is 36.9. The molecule has 178 valence electrons. The van der Waals surface area contributed by atoms with E-state index in [9.17, 15) is 22.8 Å². The van der Waals surface area contributed by atoms with Crippen LogP contribution < -0.4 is 4.90 Å². The number of likely N-dealkylation sites (N-methyl/N-ethyl adjacent to an activating group) is 1. The van der Waals surface area contributed by atoms with Gasteiger partial charge in [0.15, 0.2) is 0 Å². The lowest BCUT2D eigenvalue weighted by Gasteiger charge is -2.38. The molecule has 0 saturated carbocycles. The molecule has 8 nitrogen and oxygen atoms in total. The number of halogens is 3. The molecule has 0 bridgehead atoms. The maximum atomic E-state index is 13.3. The van der Waals surface area contributed by atoms with Crippen LogP contribution in [0.25, 0.3) is 0 Å². The smallest absolute Gasteiger partial charge is 0.475 e. The molecule has 2 aliphatic rings. The number of ether oxygens (including phenoxy) is 1. The highest BCUT2D eigenvalue weighted by molar-refractivity contribution is 6.08. The lowest BCUT2D eigenvalue weighted by Crippen LogP contribution is -2.50. The first-order valence-electron chi connectivity index (χ1n) is 10.1. The first kappa shape index (κ1) is 25.6. The minimum absolute atomic E-state index is 0.107. The second kappa shape index (κ2) is 10.3. The molecule has 0 radical (unpaired) electrons. The van der Waals surface area contributed by atoms with Crippen molar-refractivity contribution in [1.29, 1.82) is 0 Å². The van der Waals surface area contributed by atoms with Gasteiger partial charge in [-0.1, -0.05) is 18.2 Å². The molecule has 1 aromatic carbocycles. The van der Waals surface area contributed by atoms with Crippen LogP contribution in [-0.2, 0) is 24.5 Å². The number of likely N-dealkylation sites (tertiary alicyclic amines) is 1. The van der Waals surface area contributed by atoms with Crippen LogP contribution in [0.2, 0.25) is 0 Å². The molecule has 2 aliphatic heterocycles. The Hall–Kier alpha value is -2.66. The van der Waals surface area contributed by atoms with Crippen molar-refractivity contribution in [2.75, 3.05) is 58.9 Å². The minimum Gasteiger partial charge on any atom is -0.475 e. The second-order valence-electron chi connectivity index (χ2n) is 7.92. The fourth-order valence-corrected chi connectivity index (χ4v) is 3.91. The number of amides is 2. The molecule has 1 spiro atoms. The van der Waals surface area contributed by atoms with Crippen LogP contribution in [0.4, 0.5) is 18.9 Å². The van der Waals surface area contributed by atoms with Crippen molar-refractivity contribution in [3.8, 4) is 0 Å². The predicted molar refractivity (Wildman–Crippen MR) is 110 cm³/mol. The van der Waals surface area contributed by atoms with Crippen LogP contribution in [0.5, 0.6) is 0 Å². The summed E-state index contributed by atoms with van der Waals surface area (Å²) in [7, 11) is 5.21. The number of carbonyl (C=O) groups excluding carboxylic acids is 2. The minimum atomic E-state index is -5.08. The summed E-state index contributed by atoms with van der Waals surface area (Å²) >= 11 is 0. The summed E-state index contributed by atoms with van der Waals surface area (Å²) in [5.41, 5.74) is 1.71. The number of carboxylic acids is 1.